The third-order valence-corrected chi connectivity index (χ3v) is 4.75. The Balaban J connectivity index is 1.87. The van der Waals surface area contributed by atoms with Gasteiger partial charge in [-0.15, -0.1) is 0 Å². The minimum Gasteiger partial charge on any atom is -0.481 e. The van der Waals surface area contributed by atoms with Gasteiger partial charge in [0.2, 0.25) is 5.91 Å². The van der Waals surface area contributed by atoms with Gasteiger partial charge in [-0.05, 0) is 36.0 Å². The molecule has 3 N–H and O–H groups in total. The topological polar surface area (TPSA) is 78.4 Å². The van der Waals surface area contributed by atoms with E-state index in [1.54, 1.807) is 7.05 Å². The quantitative estimate of drug-likeness (QED) is 0.556. The number of benzene rings is 2. The van der Waals surface area contributed by atoms with Crippen molar-refractivity contribution in [2.24, 2.45) is 5.92 Å². The fraction of sp³-hybridized carbons (Fsp3) is 0.304. The van der Waals surface area contributed by atoms with Gasteiger partial charge < -0.3 is 15.7 Å². The Bertz CT molecular complexity index is 785. The Hall–Kier alpha value is -3.08. The van der Waals surface area contributed by atoms with Crippen molar-refractivity contribution in [3.05, 3.63) is 72.4 Å². The smallest absolute Gasteiger partial charge is 0.304 e. The molecule has 0 aliphatic rings. The number of nitrogens with one attached hydrogen (secondary N) is 2. The number of carbonyl (C=O) groups is 2. The lowest BCUT2D eigenvalue weighted by atomic mass is 9.93. The van der Waals surface area contributed by atoms with E-state index in [-0.39, 0.29) is 24.8 Å². The zero-order valence-electron chi connectivity index (χ0n) is 16.3. The zero-order chi connectivity index (χ0) is 20.4. The van der Waals surface area contributed by atoms with Gasteiger partial charge in [0.1, 0.15) is 0 Å². The molecule has 0 aromatic heterocycles. The number of aliphatic carboxylic acids is 1. The molecule has 2 aromatic rings. The molecular formula is C23H28N2O3. The molecule has 0 unspecified atom stereocenters. The van der Waals surface area contributed by atoms with E-state index < -0.39 is 5.97 Å². The number of hydrogen-bond donors (Lipinski definition) is 3. The molecular weight excluding hydrogens is 352 g/mol. The lowest BCUT2D eigenvalue weighted by Crippen LogP contribution is -2.33. The SMILES string of the molecule is C=C(NCC(=O)NC)[C@H](CCCc1ccc(-c2ccccc2)cc1)CC(=O)O. The normalized spacial score (nSPS) is 11.5. The number of hydrogen-bond acceptors (Lipinski definition) is 3. The fourth-order valence-electron chi connectivity index (χ4n) is 3.08. The van der Waals surface area contributed by atoms with Crippen LogP contribution in [0.25, 0.3) is 11.1 Å². The number of allylic oxidation sites excluding steroid dienone is 1. The Labute approximate surface area is 166 Å². The maximum atomic E-state index is 11.4. The Morgan fingerprint density at radius 1 is 1.04 bits per heavy atom. The van der Waals surface area contributed by atoms with Crippen LogP contribution in [0.5, 0.6) is 0 Å². The van der Waals surface area contributed by atoms with E-state index >= 15 is 0 Å². The number of rotatable bonds is 11. The molecule has 0 bridgehead atoms. The van der Waals surface area contributed by atoms with Gasteiger partial charge in [-0.1, -0.05) is 61.2 Å². The van der Waals surface area contributed by atoms with E-state index in [0.29, 0.717) is 12.1 Å². The summed E-state index contributed by atoms with van der Waals surface area (Å²) in [6.45, 7) is 4.03. The maximum absolute atomic E-state index is 11.4. The highest BCUT2D eigenvalue weighted by molar-refractivity contribution is 5.77. The Morgan fingerprint density at radius 2 is 1.68 bits per heavy atom. The van der Waals surface area contributed by atoms with Gasteiger partial charge in [0.25, 0.3) is 0 Å². The third kappa shape index (κ3) is 6.91. The molecule has 0 spiro atoms. The molecule has 0 radical (unpaired) electrons. The average Bonchev–Trinajstić information content (AvgIpc) is 2.71. The highest BCUT2D eigenvalue weighted by Crippen LogP contribution is 2.22. The summed E-state index contributed by atoms with van der Waals surface area (Å²) in [5.41, 5.74) is 4.19. The van der Waals surface area contributed by atoms with Crippen molar-refractivity contribution in [1.82, 2.24) is 10.6 Å². The van der Waals surface area contributed by atoms with Crippen LogP contribution in [0.1, 0.15) is 24.8 Å². The van der Waals surface area contributed by atoms with Crippen LogP contribution in [0.15, 0.2) is 66.9 Å². The second-order valence-corrected chi connectivity index (χ2v) is 6.80. The van der Waals surface area contributed by atoms with E-state index in [1.165, 1.54) is 16.7 Å². The van der Waals surface area contributed by atoms with Crippen molar-refractivity contribution in [3.8, 4) is 11.1 Å². The molecule has 0 aliphatic heterocycles. The van der Waals surface area contributed by atoms with E-state index in [0.717, 1.165) is 12.8 Å². The van der Waals surface area contributed by atoms with Crippen molar-refractivity contribution >= 4 is 11.9 Å². The van der Waals surface area contributed by atoms with Crippen LogP contribution in [0.4, 0.5) is 0 Å². The lowest BCUT2D eigenvalue weighted by Gasteiger charge is -2.19. The summed E-state index contributed by atoms with van der Waals surface area (Å²) < 4.78 is 0. The summed E-state index contributed by atoms with van der Waals surface area (Å²) >= 11 is 0. The second kappa shape index (κ2) is 10.9. The fourth-order valence-corrected chi connectivity index (χ4v) is 3.08. The van der Waals surface area contributed by atoms with Gasteiger partial charge in [-0.3, -0.25) is 9.59 Å². The predicted octanol–water partition coefficient (Wildman–Crippen LogP) is 3.62. The van der Waals surface area contributed by atoms with Crippen LogP contribution < -0.4 is 10.6 Å². The van der Waals surface area contributed by atoms with Crippen molar-refractivity contribution in [2.75, 3.05) is 13.6 Å². The van der Waals surface area contributed by atoms with E-state index in [2.05, 4.69) is 53.6 Å². The average molecular weight is 380 g/mol. The van der Waals surface area contributed by atoms with E-state index in [4.69, 9.17) is 5.11 Å². The van der Waals surface area contributed by atoms with Gasteiger partial charge in [0.15, 0.2) is 0 Å². The summed E-state index contributed by atoms with van der Waals surface area (Å²) in [4.78, 5) is 22.5. The minimum absolute atomic E-state index is 0.00647. The zero-order valence-corrected chi connectivity index (χ0v) is 16.3. The standard InChI is InChI=1S/C23H28N2O3/c1-17(25-16-22(26)24-2)21(15-23(27)28)10-6-7-18-11-13-20(14-12-18)19-8-4-3-5-9-19/h3-5,8-9,11-14,21,25H,1,6-7,10,15-16H2,2H3,(H,24,26)(H,27,28)/t21-/m1/s1. The predicted molar refractivity (Wildman–Crippen MR) is 112 cm³/mol. The van der Waals surface area contributed by atoms with Gasteiger partial charge >= 0.3 is 5.97 Å². The van der Waals surface area contributed by atoms with Crippen LogP contribution in [0.3, 0.4) is 0 Å². The van der Waals surface area contributed by atoms with Gasteiger partial charge in [0, 0.05) is 18.7 Å². The molecule has 0 heterocycles. The maximum Gasteiger partial charge on any atom is 0.304 e. The second-order valence-electron chi connectivity index (χ2n) is 6.80. The Morgan fingerprint density at radius 3 is 2.29 bits per heavy atom. The number of aryl methyl sites for hydroxylation is 1. The molecule has 0 aliphatic carbocycles. The number of carboxylic acid groups (broad SMARTS) is 1. The molecule has 0 saturated carbocycles. The molecule has 5 nitrogen and oxygen atoms in total. The first-order valence-electron chi connectivity index (χ1n) is 9.49. The van der Waals surface area contributed by atoms with E-state index in [1.807, 2.05) is 18.2 Å². The molecule has 0 fully saturated rings. The number of likely N-dealkylation sites (N-methyl/N-ethyl adjacent to an activating group) is 1. The molecule has 2 aromatic carbocycles. The molecule has 1 atom stereocenters. The first-order chi connectivity index (χ1) is 13.5. The van der Waals surface area contributed by atoms with Crippen LogP contribution in [-0.2, 0) is 16.0 Å². The van der Waals surface area contributed by atoms with Crippen molar-refractivity contribution in [3.63, 3.8) is 0 Å². The van der Waals surface area contributed by atoms with Gasteiger partial charge in [0.05, 0.1) is 13.0 Å². The summed E-state index contributed by atoms with van der Waals surface area (Å²) in [5, 5.41) is 14.6. The number of carboxylic acids is 1. The number of amides is 1. The Kier molecular flexibility index (Phi) is 8.28. The monoisotopic (exact) mass is 380 g/mol. The van der Waals surface area contributed by atoms with Crippen LogP contribution in [0.2, 0.25) is 0 Å². The van der Waals surface area contributed by atoms with Crippen molar-refractivity contribution in [1.29, 1.82) is 0 Å². The largest absolute Gasteiger partial charge is 0.481 e. The molecule has 5 heteroatoms. The molecule has 2 rings (SSSR count). The summed E-state index contributed by atoms with van der Waals surface area (Å²) in [6.07, 6.45) is 2.43. The highest BCUT2D eigenvalue weighted by atomic mass is 16.4. The molecule has 0 saturated heterocycles. The number of carbonyl (C=O) groups excluding carboxylic acids is 1. The molecule has 28 heavy (non-hydrogen) atoms. The van der Waals surface area contributed by atoms with Crippen LogP contribution >= 0.6 is 0 Å². The summed E-state index contributed by atoms with van der Waals surface area (Å²) in [5.74, 6) is -1.22. The molecule has 1 amide bonds. The third-order valence-electron chi connectivity index (χ3n) is 4.75. The van der Waals surface area contributed by atoms with Crippen LogP contribution in [-0.4, -0.2) is 30.6 Å². The first kappa shape index (κ1) is 21.2. The summed E-state index contributed by atoms with van der Waals surface area (Å²) in [7, 11) is 1.56. The van der Waals surface area contributed by atoms with Crippen LogP contribution in [0, 0.1) is 5.92 Å². The lowest BCUT2D eigenvalue weighted by molar-refractivity contribution is -0.137. The van der Waals surface area contributed by atoms with Gasteiger partial charge in [-0.2, -0.15) is 0 Å². The summed E-state index contributed by atoms with van der Waals surface area (Å²) in [6, 6.07) is 18.7. The highest BCUT2D eigenvalue weighted by Gasteiger charge is 2.17. The minimum atomic E-state index is -0.861. The van der Waals surface area contributed by atoms with Crippen molar-refractivity contribution < 1.29 is 14.7 Å². The van der Waals surface area contributed by atoms with E-state index in [9.17, 15) is 9.59 Å². The first-order valence-corrected chi connectivity index (χ1v) is 9.49. The van der Waals surface area contributed by atoms with Crippen molar-refractivity contribution in [2.45, 2.75) is 25.7 Å². The van der Waals surface area contributed by atoms with Gasteiger partial charge in [-0.25, -0.2) is 0 Å². The molecule has 148 valence electrons.